The molecular formula is C27H38ClN7O3S. The first kappa shape index (κ1) is 29.1. The van der Waals surface area contributed by atoms with Gasteiger partial charge in [-0.15, -0.1) is 0 Å². The lowest BCUT2D eigenvalue weighted by Crippen LogP contribution is -2.32. The summed E-state index contributed by atoms with van der Waals surface area (Å²) in [4.78, 5) is 11.4. The smallest absolute Gasteiger partial charge is 0.229 e. The van der Waals surface area contributed by atoms with E-state index in [4.69, 9.17) is 16.3 Å². The molecule has 0 amide bonds. The number of hydrogen-bond acceptors (Lipinski definition) is 9. The molecule has 1 aliphatic heterocycles. The van der Waals surface area contributed by atoms with E-state index in [9.17, 15) is 8.42 Å². The van der Waals surface area contributed by atoms with E-state index in [1.165, 1.54) is 22.0 Å². The van der Waals surface area contributed by atoms with Crippen LogP contribution < -0.4 is 15.4 Å². The lowest BCUT2D eigenvalue weighted by atomic mass is 9.86. The van der Waals surface area contributed by atoms with Crippen molar-refractivity contribution < 1.29 is 13.2 Å². The van der Waals surface area contributed by atoms with Gasteiger partial charge >= 0.3 is 0 Å². The molecule has 12 heteroatoms. The van der Waals surface area contributed by atoms with Crippen molar-refractivity contribution >= 4 is 44.6 Å². The van der Waals surface area contributed by atoms with E-state index >= 15 is 0 Å². The maximum atomic E-state index is 12.8. The Bertz CT molecular complexity index is 1420. The van der Waals surface area contributed by atoms with Crippen LogP contribution in [0.4, 0.5) is 23.1 Å². The van der Waals surface area contributed by atoms with Crippen molar-refractivity contribution in [3.63, 3.8) is 0 Å². The van der Waals surface area contributed by atoms with Gasteiger partial charge in [0.25, 0.3) is 0 Å². The third-order valence-electron chi connectivity index (χ3n) is 7.07. The zero-order valence-corrected chi connectivity index (χ0v) is 25.0. The number of aryl methyl sites for hydroxylation is 2. The van der Waals surface area contributed by atoms with Gasteiger partial charge in [-0.3, -0.25) is 4.68 Å². The quantitative estimate of drug-likeness (QED) is 0.326. The van der Waals surface area contributed by atoms with Crippen molar-refractivity contribution in [1.29, 1.82) is 0 Å². The fourth-order valence-corrected chi connectivity index (χ4v) is 6.06. The van der Waals surface area contributed by atoms with Gasteiger partial charge in [0.1, 0.15) is 10.8 Å². The van der Waals surface area contributed by atoms with E-state index in [0.29, 0.717) is 24.2 Å². The van der Waals surface area contributed by atoms with Crippen molar-refractivity contribution in [1.82, 2.24) is 24.6 Å². The number of ether oxygens (including phenoxy) is 1. The molecule has 2 aromatic heterocycles. The second-order valence-electron chi connectivity index (χ2n) is 10.1. The van der Waals surface area contributed by atoms with Crippen molar-refractivity contribution in [2.45, 2.75) is 63.7 Å². The molecule has 4 rings (SSSR count). The molecule has 212 valence electrons. The van der Waals surface area contributed by atoms with Crippen LogP contribution in [-0.4, -0.2) is 64.6 Å². The number of sulfone groups is 1. The first-order chi connectivity index (χ1) is 18.5. The first-order valence-corrected chi connectivity index (χ1v) is 15.3. The molecule has 0 atom stereocenters. The molecule has 3 aromatic rings. The molecule has 1 fully saturated rings. The van der Waals surface area contributed by atoms with E-state index in [1.807, 2.05) is 6.92 Å². The average Bonchev–Trinajstić information content (AvgIpc) is 3.28. The minimum atomic E-state index is -3.63. The van der Waals surface area contributed by atoms with Gasteiger partial charge in [0.15, 0.2) is 5.82 Å². The Labute approximate surface area is 236 Å². The number of nitrogens with zero attached hydrogens (tertiary/aromatic N) is 5. The lowest BCUT2D eigenvalue weighted by molar-refractivity contribution is 0.222. The lowest BCUT2D eigenvalue weighted by Gasteiger charge is -2.32. The van der Waals surface area contributed by atoms with Crippen molar-refractivity contribution in [2.75, 3.05) is 36.9 Å². The largest absolute Gasteiger partial charge is 0.492 e. The fraction of sp³-hybridized carbons (Fsp3) is 0.519. The molecule has 0 radical (unpaired) electrons. The van der Waals surface area contributed by atoms with Crippen LogP contribution in [0.2, 0.25) is 5.02 Å². The van der Waals surface area contributed by atoms with Gasteiger partial charge in [-0.2, -0.15) is 10.1 Å². The molecule has 1 saturated heterocycles. The summed E-state index contributed by atoms with van der Waals surface area (Å²) in [7, 11) is -1.97. The van der Waals surface area contributed by atoms with Crippen LogP contribution in [0.3, 0.4) is 0 Å². The molecule has 0 saturated carbocycles. The molecule has 0 aliphatic carbocycles. The maximum absolute atomic E-state index is 12.8. The number of anilines is 4. The van der Waals surface area contributed by atoms with Gasteiger partial charge < -0.3 is 20.3 Å². The van der Waals surface area contributed by atoms with Crippen LogP contribution in [0.25, 0.3) is 0 Å². The number of rotatable bonds is 10. The van der Waals surface area contributed by atoms with E-state index in [0.717, 1.165) is 43.9 Å². The Hall–Kier alpha value is -2.89. The normalized spacial score (nSPS) is 15.1. The van der Waals surface area contributed by atoms with Gasteiger partial charge in [-0.25, -0.2) is 13.4 Å². The predicted molar refractivity (Wildman–Crippen MR) is 156 cm³/mol. The van der Waals surface area contributed by atoms with Crippen LogP contribution in [-0.2, 0) is 16.9 Å². The molecule has 2 N–H and O–H groups in total. The zero-order valence-electron chi connectivity index (χ0n) is 23.5. The number of hydrogen-bond donors (Lipinski definition) is 2. The third kappa shape index (κ3) is 6.47. The minimum Gasteiger partial charge on any atom is -0.492 e. The number of nitrogens with one attached hydrogen (secondary N) is 2. The summed E-state index contributed by atoms with van der Waals surface area (Å²) in [5.41, 5.74) is 3.54. The molecule has 0 bridgehead atoms. The second kappa shape index (κ2) is 12.1. The Morgan fingerprint density at radius 3 is 2.51 bits per heavy atom. The highest BCUT2D eigenvalue weighted by molar-refractivity contribution is 7.92. The number of piperidine rings is 1. The average molecular weight is 576 g/mol. The van der Waals surface area contributed by atoms with E-state index in [-0.39, 0.29) is 15.9 Å². The summed E-state index contributed by atoms with van der Waals surface area (Å²) in [5, 5.41) is 10.0. The molecule has 0 unspecified atom stereocenters. The fourth-order valence-electron chi connectivity index (χ4n) is 4.83. The number of likely N-dealkylation sites (tertiary alicyclic amines) is 1. The molecule has 10 nitrogen and oxygen atoms in total. The summed E-state index contributed by atoms with van der Waals surface area (Å²) < 4.78 is 33.1. The van der Waals surface area contributed by atoms with Crippen LogP contribution >= 0.6 is 11.6 Å². The Morgan fingerprint density at radius 2 is 1.87 bits per heavy atom. The monoisotopic (exact) mass is 575 g/mol. The van der Waals surface area contributed by atoms with E-state index < -0.39 is 15.1 Å². The van der Waals surface area contributed by atoms with Crippen molar-refractivity contribution in [3.05, 3.63) is 40.7 Å². The highest BCUT2D eigenvalue weighted by atomic mass is 35.5. The zero-order chi connectivity index (χ0) is 28.3. The SMILES string of the molecule is CCOc1cc(C2CCN(CC)CC2)c(C)cc1Nc1ncc(Cl)c(Nc2cn(C)nc2S(=O)(=O)C(C)C)n1. The molecule has 3 heterocycles. The van der Waals surface area contributed by atoms with Crippen LogP contribution in [0.5, 0.6) is 5.75 Å². The van der Waals surface area contributed by atoms with Crippen molar-refractivity contribution in [3.8, 4) is 5.75 Å². The molecule has 39 heavy (non-hydrogen) atoms. The van der Waals surface area contributed by atoms with E-state index in [1.54, 1.807) is 27.1 Å². The summed E-state index contributed by atoms with van der Waals surface area (Å²) in [6, 6.07) is 4.22. The first-order valence-electron chi connectivity index (χ1n) is 13.4. The Kier molecular flexibility index (Phi) is 9.03. The molecule has 0 spiro atoms. The third-order valence-corrected chi connectivity index (χ3v) is 9.43. The number of benzene rings is 1. The van der Waals surface area contributed by atoms with Crippen molar-refractivity contribution in [2.24, 2.45) is 7.05 Å². The summed E-state index contributed by atoms with van der Waals surface area (Å²) >= 11 is 6.40. The number of aromatic nitrogens is 4. The number of halogens is 1. The predicted octanol–water partition coefficient (Wildman–Crippen LogP) is 5.44. The topological polar surface area (TPSA) is 114 Å². The Morgan fingerprint density at radius 1 is 1.15 bits per heavy atom. The Balaban J connectivity index is 1.61. The standard InChI is InChI=1S/C27H38ClN7O3S/c1-7-35-11-9-19(10-12-35)20-14-24(38-8-2)22(13-18(20)5)31-27-29-15-21(28)25(32-27)30-23-16-34(6)33-26(23)39(36,37)17(3)4/h13-17,19H,7-12H2,1-6H3,(H2,29,30,31,32). The van der Waals surface area contributed by atoms with Gasteiger partial charge in [0.2, 0.25) is 20.8 Å². The van der Waals surface area contributed by atoms with Gasteiger partial charge in [-0.1, -0.05) is 18.5 Å². The second-order valence-corrected chi connectivity index (χ2v) is 12.9. The van der Waals surface area contributed by atoms with Gasteiger partial charge in [-0.05, 0) is 89.3 Å². The van der Waals surface area contributed by atoms with Gasteiger partial charge in [0, 0.05) is 13.2 Å². The molecule has 1 aromatic carbocycles. The van der Waals surface area contributed by atoms with Crippen LogP contribution in [0.1, 0.15) is 57.6 Å². The summed E-state index contributed by atoms with van der Waals surface area (Å²) in [5.74, 6) is 1.79. The maximum Gasteiger partial charge on any atom is 0.229 e. The molecule has 1 aliphatic rings. The summed E-state index contributed by atoms with van der Waals surface area (Å²) in [6.45, 7) is 13.3. The highest BCUT2D eigenvalue weighted by Crippen LogP contribution is 2.38. The van der Waals surface area contributed by atoms with Gasteiger partial charge in [0.05, 0.1) is 29.4 Å². The van der Waals surface area contributed by atoms with Crippen LogP contribution in [0, 0.1) is 6.92 Å². The van der Waals surface area contributed by atoms with E-state index in [2.05, 4.69) is 56.6 Å². The highest BCUT2D eigenvalue weighted by Gasteiger charge is 2.27. The molecular weight excluding hydrogens is 538 g/mol. The summed E-state index contributed by atoms with van der Waals surface area (Å²) in [6.07, 6.45) is 5.31. The minimum absolute atomic E-state index is 0.0567. The van der Waals surface area contributed by atoms with Crippen LogP contribution in [0.15, 0.2) is 29.6 Å².